The van der Waals surface area contributed by atoms with E-state index in [1.54, 1.807) is 48.0 Å². The molecule has 3 rings (SSSR count). The first-order valence-corrected chi connectivity index (χ1v) is 10.8. The van der Waals surface area contributed by atoms with Crippen LogP contribution in [0.4, 0.5) is 0 Å². The van der Waals surface area contributed by atoms with Crippen LogP contribution in [0.5, 0.6) is 11.5 Å². The fourth-order valence-corrected chi connectivity index (χ4v) is 4.34. The SMILES string of the molecule is COc1cc(C(=O)NCCc2ccc(-c3csc(C)n3)s2)ccc1OC(C)C. The molecule has 0 radical (unpaired) electrons. The van der Waals surface area contributed by atoms with Crippen LogP contribution in [0.1, 0.15) is 34.1 Å². The predicted molar refractivity (Wildman–Crippen MR) is 115 cm³/mol. The monoisotopic (exact) mass is 416 g/mol. The van der Waals surface area contributed by atoms with E-state index in [1.807, 2.05) is 20.8 Å². The summed E-state index contributed by atoms with van der Waals surface area (Å²) in [4.78, 5) is 19.4. The molecule has 148 valence electrons. The molecule has 0 aliphatic carbocycles. The molecule has 5 nitrogen and oxygen atoms in total. The number of thiophene rings is 1. The van der Waals surface area contributed by atoms with Gasteiger partial charge in [-0.1, -0.05) is 0 Å². The maximum atomic E-state index is 12.5. The molecule has 7 heteroatoms. The third kappa shape index (κ3) is 5.11. The highest BCUT2D eigenvalue weighted by Gasteiger charge is 2.12. The van der Waals surface area contributed by atoms with Gasteiger partial charge in [0.05, 0.1) is 28.8 Å². The van der Waals surface area contributed by atoms with Gasteiger partial charge in [-0.05, 0) is 57.5 Å². The molecule has 0 spiro atoms. The standard InChI is InChI=1S/C21H24N2O3S2/c1-13(2)26-18-7-5-15(11-19(18)25-4)21(24)22-10-9-16-6-8-20(28-16)17-12-27-14(3)23-17/h5-8,11-13H,9-10H2,1-4H3,(H,22,24). The fourth-order valence-electron chi connectivity index (χ4n) is 2.69. The molecule has 2 heterocycles. The van der Waals surface area contributed by atoms with Crippen LogP contribution in [0.2, 0.25) is 0 Å². The van der Waals surface area contributed by atoms with Crippen LogP contribution >= 0.6 is 22.7 Å². The lowest BCUT2D eigenvalue weighted by Gasteiger charge is -2.14. The van der Waals surface area contributed by atoms with Crippen molar-refractivity contribution in [1.29, 1.82) is 0 Å². The summed E-state index contributed by atoms with van der Waals surface area (Å²) in [6.07, 6.45) is 0.822. The van der Waals surface area contributed by atoms with Crippen LogP contribution in [0.25, 0.3) is 10.6 Å². The van der Waals surface area contributed by atoms with E-state index in [4.69, 9.17) is 9.47 Å². The number of nitrogens with zero attached hydrogens (tertiary/aromatic N) is 1. The van der Waals surface area contributed by atoms with E-state index in [2.05, 4.69) is 27.8 Å². The average molecular weight is 417 g/mol. The van der Waals surface area contributed by atoms with Crippen molar-refractivity contribution in [2.24, 2.45) is 0 Å². The molecule has 0 atom stereocenters. The summed E-state index contributed by atoms with van der Waals surface area (Å²) in [6.45, 7) is 6.48. The Kier molecular flexibility index (Phi) is 6.70. The largest absolute Gasteiger partial charge is 0.493 e. The summed E-state index contributed by atoms with van der Waals surface area (Å²) in [5, 5.41) is 6.11. The average Bonchev–Trinajstić information content (AvgIpc) is 3.30. The highest BCUT2D eigenvalue weighted by Crippen LogP contribution is 2.30. The molecular weight excluding hydrogens is 392 g/mol. The molecule has 0 fully saturated rings. The number of benzene rings is 1. The molecule has 3 aromatic rings. The molecule has 1 amide bonds. The predicted octanol–water partition coefficient (Wildman–Crippen LogP) is 4.95. The third-order valence-corrected chi connectivity index (χ3v) is 5.92. The Hall–Kier alpha value is -2.38. The number of aromatic nitrogens is 1. The number of methoxy groups -OCH3 is 1. The van der Waals surface area contributed by atoms with E-state index >= 15 is 0 Å². The first kappa shape index (κ1) is 20.4. The zero-order valence-corrected chi connectivity index (χ0v) is 18.1. The summed E-state index contributed by atoms with van der Waals surface area (Å²) in [6, 6.07) is 9.43. The maximum absolute atomic E-state index is 12.5. The summed E-state index contributed by atoms with van der Waals surface area (Å²) in [5.74, 6) is 1.07. The van der Waals surface area contributed by atoms with Crippen molar-refractivity contribution in [2.75, 3.05) is 13.7 Å². The second-order valence-corrected chi connectivity index (χ2v) is 8.79. The minimum atomic E-state index is -0.124. The van der Waals surface area contributed by atoms with E-state index in [-0.39, 0.29) is 12.0 Å². The lowest BCUT2D eigenvalue weighted by Crippen LogP contribution is -2.25. The van der Waals surface area contributed by atoms with Crippen molar-refractivity contribution in [3.05, 3.63) is 51.2 Å². The van der Waals surface area contributed by atoms with Crippen molar-refractivity contribution < 1.29 is 14.3 Å². The quantitative estimate of drug-likeness (QED) is 0.564. The number of rotatable bonds is 8. The Bertz CT molecular complexity index is 947. The van der Waals surface area contributed by atoms with Crippen molar-refractivity contribution >= 4 is 28.6 Å². The van der Waals surface area contributed by atoms with E-state index < -0.39 is 0 Å². The van der Waals surface area contributed by atoms with Gasteiger partial charge in [0.2, 0.25) is 0 Å². The lowest BCUT2D eigenvalue weighted by atomic mass is 10.2. The molecule has 2 aromatic heterocycles. The Labute approximate surface area is 173 Å². The first-order valence-electron chi connectivity index (χ1n) is 9.10. The summed E-state index contributed by atoms with van der Waals surface area (Å²) in [7, 11) is 1.57. The van der Waals surface area contributed by atoms with Gasteiger partial charge in [-0.3, -0.25) is 4.79 Å². The molecule has 28 heavy (non-hydrogen) atoms. The van der Waals surface area contributed by atoms with Gasteiger partial charge in [0.15, 0.2) is 11.5 Å². The second-order valence-electron chi connectivity index (χ2n) is 6.56. The highest BCUT2D eigenvalue weighted by molar-refractivity contribution is 7.16. The van der Waals surface area contributed by atoms with Crippen LogP contribution in [-0.2, 0) is 6.42 Å². The van der Waals surface area contributed by atoms with E-state index in [0.717, 1.165) is 22.0 Å². The number of aryl methyl sites for hydroxylation is 1. The molecule has 0 aliphatic heterocycles. The van der Waals surface area contributed by atoms with Crippen molar-refractivity contribution in [1.82, 2.24) is 10.3 Å². The lowest BCUT2D eigenvalue weighted by molar-refractivity contribution is 0.0953. The fraction of sp³-hybridized carbons (Fsp3) is 0.333. The van der Waals surface area contributed by atoms with Crippen molar-refractivity contribution in [2.45, 2.75) is 33.3 Å². The van der Waals surface area contributed by atoms with Gasteiger partial charge < -0.3 is 14.8 Å². The van der Waals surface area contributed by atoms with Crippen molar-refractivity contribution in [3.8, 4) is 22.1 Å². The minimum absolute atomic E-state index is 0.0393. The number of ether oxygens (including phenoxy) is 2. The van der Waals surface area contributed by atoms with E-state index in [1.165, 1.54) is 4.88 Å². The first-order chi connectivity index (χ1) is 13.5. The number of carbonyl (C=O) groups excluding carboxylic acids is 1. The number of thiazole rings is 1. The van der Waals surface area contributed by atoms with Gasteiger partial charge >= 0.3 is 0 Å². The van der Waals surface area contributed by atoms with Crippen LogP contribution in [0.3, 0.4) is 0 Å². The Balaban J connectivity index is 1.56. The van der Waals surface area contributed by atoms with Crippen LogP contribution in [-0.4, -0.2) is 30.6 Å². The van der Waals surface area contributed by atoms with Gasteiger partial charge in [0.1, 0.15) is 0 Å². The van der Waals surface area contributed by atoms with Gasteiger partial charge in [-0.15, -0.1) is 22.7 Å². The topological polar surface area (TPSA) is 60.5 Å². The van der Waals surface area contributed by atoms with Crippen LogP contribution in [0, 0.1) is 6.92 Å². The van der Waals surface area contributed by atoms with Gasteiger partial charge in [-0.2, -0.15) is 0 Å². The minimum Gasteiger partial charge on any atom is -0.493 e. The molecule has 0 saturated carbocycles. The van der Waals surface area contributed by atoms with Crippen LogP contribution < -0.4 is 14.8 Å². The molecule has 1 aromatic carbocycles. The number of hydrogen-bond donors (Lipinski definition) is 1. The summed E-state index contributed by atoms with van der Waals surface area (Å²) < 4.78 is 11.0. The molecule has 1 N–H and O–H groups in total. The number of carbonyl (C=O) groups is 1. The summed E-state index contributed by atoms with van der Waals surface area (Å²) in [5.41, 5.74) is 1.58. The van der Waals surface area contributed by atoms with E-state index in [9.17, 15) is 4.79 Å². The van der Waals surface area contributed by atoms with Gasteiger partial charge in [0.25, 0.3) is 5.91 Å². The van der Waals surface area contributed by atoms with E-state index in [0.29, 0.717) is 23.6 Å². The van der Waals surface area contributed by atoms with Crippen molar-refractivity contribution in [3.63, 3.8) is 0 Å². The Morgan fingerprint density at radius 3 is 2.71 bits per heavy atom. The normalized spacial score (nSPS) is 10.9. The molecular formula is C21H24N2O3S2. The molecule has 0 bridgehead atoms. The Morgan fingerprint density at radius 1 is 1.21 bits per heavy atom. The van der Waals surface area contributed by atoms with Crippen LogP contribution in [0.15, 0.2) is 35.7 Å². The number of nitrogens with one attached hydrogen (secondary N) is 1. The zero-order valence-electron chi connectivity index (χ0n) is 16.4. The van der Waals surface area contributed by atoms with Gasteiger partial charge in [0, 0.05) is 22.4 Å². The number of hydrogen-bond acceptors (Lipinski definition) is 6. The summed E-state index contributed by atoms with van der Waals surface area (Å²) >= 11 is 3.37. The number of amides is 1. The highest BCUT2D eigenvalue weighted by atomic mass is 32.1. The molecule has 0 saturated heterocycles. The maximum Gasteiger partial charge on any atom is 0.251 e. The molecule has 0 unspecified atom stereocenters. The second kappa shape index (κ2) is 9.21. The third-order valence-electron chi connectivity index (χ3n) is 3.98. The zero-order chi connectivity index (χ0) is 20.1. The van der Waals surface area contributed by atoms with Gasteiger partial charge in [-0.25, -0.2) is 4.98 Å². The smallest absolute Gasteiger partial charge is 0.251 e. The molecule has 0 aliphatic rings. The Morgan fingerprint density at radius 2 is 2.04 bits per heavy atom.